The molecule has 0 aromatic rings. The molecule has 0 rings (SSSR count). The van der Waals surface area contributed by atoms with E-state index in [1.807, 2.05) is 0 Å². The maximum absolute atomic E-state index is 2.44. The molecule has 0 atom stereocenters. The first-order chi connectivity index (χ1) is 5.77. The van der Waals surface area contributed by atoms with Gasteiger partial charge in [-0.1, -0.05) is 0 Å². The molecule has 0 spiro atoms. The Labute approximate surface area is 87.7 Å². The molecule has 0 saturated heterocycles. The van der Waals surface area contributed by atoms with Crippen molar-refractivity contribution in [1.82, 2.24) is 0 Å². The van der Waals surface area contributed by atoms with Gasteiger partial charge in [0.1, 0.15) is 0 Å². The zero-order chi connectivity index (χ0) is 10.8. The SMILES string of the molecule is CC(C)[Se](C(C)C)(C(C)C)C(C)C. The van der Waals surface area contributed by atoms with Crippen LogP contribution in [0.15, 0.2) is 0 Å². The van der Waals surface area contributed by atoms with E-state index in [1.165, 1.54) is 0 Å². The van der Waals surface area contributed by atoms with Crippen molar-refractivity contribution in [3.63, 3.8) is 0 Å². The van der Waals surface area contributed by atoms with Crippen LogP contribution >= 0.6 is 0 Å². The molecule has 0 amide bonds. The zero-order valence-corrected chi connectivity index (χ0v) is 12.4. The predicted octanol–water partition coefficient (Wildman–Crippen LogP) is 5.08. The molecule has 0 unspecified atom stereocenters. The summed E-state index contributed by atoms with van der Waals surface area (Å²) in [4.78, 5) is 3.71. The quantitative estimate of drug-likeness (QED) is 0.611. The summed E-state index contributed by atoms with van der Waals surface area (Å²) in [5.74, 6) is 0. The fourth-order valence-corrected chi connectivity index (χ4v) is 17.0. The van der Waals surface area contributed by atoms with Gasteiger partial charge in [-0.3, -0.25) is 0 Å². The molecule has 0 aliphatic carbocycles. The van der Waals surface area contributed by atoms with Crippen molar-refractivity contribution in [2.75, 3.05) is 0 Å². The molecule has 82 valence electrons. The Morgan fingerprint density at radius 2 is 0.615 bits per heavy atom. The number of hydrogen-bond acceptors (Lipinski definition) is 0. The van der Waals surface area contributed by atoms with Gasteiger partial charge in [-0.05, 0) is 0 Å². The summed E-state index contributed by atoms with van der Waals surface area (Å²) in [6.45, 7) is 19.6. The van der Waals surface area contributed by atoms with Gasteiger partial charge in [-0.25, -0.2) is 0 Å². The second kappa shape index (κ2) is 4.84. The van der Waals surface area contributed by atoms with E-state index in [2.05, 4.69) is 55.4 Å². The second-order valence-corrected chi connectivity index (χ2v) is 16.4. The Hall–Kier alpha value is 0.519. The van der Waals surface area contributed by atoms with Gasteiger partial charge >= 0.3 is 87.5 Å². The molecular formula is C12H28Se. The molecule has 0 nitrogen and oxygen atoms in total. The van der Waals surface area contributed by atoms with Crippen LogP contribution in [-0.4, -0.2) is 12.8 Å². The van der Waals surface area contributed by atoms with Crippen molar-refractivity contribution in [1.29, 1.82) is 0 Å². The van der Waals surface area contributed by atoms with Crippen molar-refractivity contribution in [2.45, 2.75) is 74.7 Å². The molecule has 0 aromatic carbocycles. The van der Waals surface area contributed by atoms with Crippen LogP contribution in [0.1, 0.15) is 55.4 Å². The molecule has 13 heavy (non-hydrogen) atoms. The van der Waals surface area contributed by atoms with Crippen LogP contribution in [0.5, 0.6) is 0 Å². The van der Waals surface area contributed by atoms with Gasteiger partial charge in [-0.2, -0.15) is 0 Å². The first kappa shape index (κ1) is 13.5. The maximum atomic E-state index is 2.44. The van der Waals surface area contributed by atoms with Gasteiger partial charge in [0.2, 0.25) is 0 Å². The monoisotopic (exact) mass is 252 g/mol. The number of hydrogen-bond donors (Lipinski definition) is 0. The van der Waals surface area contributed by atoms with E-state index >= 15 is 0 Å². The average molecular weight is 251 g/mol. The van der Waals surface area contributed by atoms with E-state index in [9.17, 15) is 0 Å². The fraction of sp³-hybridized carbons (Fsp3) is 1.00. The average Bonchev–Trinajstić information content (AvgIpc) is 1.82. The van der Waals surface area contributed by atoms with Crippen LogP contribution in [0, 0.1) is 0 Å². The van der Waals surface area contributed by atoms with Crippen LogP contribution in [0.3, 0.4) is 0 Å². The van der Waals surface area contributed by atoms with E-state index in [4.69, 9.17) is 0 Å². The van der Waals surface area contributed by atoms with E-state index in [1.54, 1.807) is 0 Å². The van der Waals surface area contributed by atoms with Crippen LogP contribution < -0.4 is 0 Å². The summed E-state index contributed by atoms with van der Waals surface area (Å²) in [7, 11) is 0. The van der Waals surface area contributed by atoms with E-state index < -0.39 is 12.8 Å². The molecule has 1 heteroatoms. The van der Waals surface area contributed by atoms with Gasteiger partial charge in [0.15, 0.2) is 0 Å². The van der Waals surface area contributed by atoms with Gasteiger partial charge in [0.25, 0.3) is 0 Å². The Kier molecular flexibility index (Phi) is 5.04. The van der Waals surface area contributed by atoms with Gasteiger partial charge in [0, 0.05) is 0 Å². The third-order valence-electron chi connectivity index (χ3n) is 3.27. The van der Waals surface area contributed by atoms with Crippen LogP contribution in [0.25, 0.3) is 0 Å². The molecular weight excluding hydrogens is 223 g/mol. The molecule has 0 fully saturated rings. The molecule has 0 aromatic heterocycles. The minimum absolute atomic E-state index is 0.927. The van der Waals surface area contributed by atoms with Crippen LogP contribution in [0.4, 0.5) is 0 Å². The summed E-state index contributed by atoms with van der Waals surface area (Å²) in [5, 5.41) is 0. The third-order valence-corrected chi connectivity index (χ3v) is 17.0. The van der Waals surface area contributed by atoms with Gasteiger partial charge < -0.3 is 0 Å². The molecule has 0 saturated carbocycles. The summed E-state index contributed by atoms with van der Waals surface area (Å²) < 4.78 is 0. The van der Waals surface area contributed by atoms with Crippen molar-refractivity contribution in [3.05, 3.63) is 0 Å². The molecule has 0 radical (unpaired) electrons. The third kappa shape index (κ3) is 2.30. The first-order valence-corrected chi connectivity index (χ1v) is 9.52. The van der Waals surface area contributed by atoms with Crippen molar-refractivity contribution < 1.29 is 0 Å². The summed E-state index contributed by atoms with van der Waals surface area (Å²) in [6.07, 6.45) is 0. The minimum atomic E-state index is -1.31. The Bertz CT molecular complexity index is 108. The molecule has 0 aliphatic heterocycles. The Balaban J connectivity index is 5.06. The number of rotatable bonds is 4. The Morgan fingerprint density at radius 1 is 0.462 bits per heavy atom. The van der Waals surface area contributed by atoms with E-state index in [0.29, 0.717) is 0 Å². The van der Waals surface area contributed by atoms with Crippen molar-refractivity contribution in [2.24, 2.45) is 0 Å². The molecule has 0 bridgehead atoms. The Morgan fingerprint density at radius 3 is 0.615 bits per heavy atom. The van der Waals surface area contributed by atoms with Crippen LogP contribution in [-0.2, 0) is 0 Å². The summed E-state index contributed by atoms with van der Waals surface area (Å²) >= 11 is -1.31. The van der Waals surface area contributed by atoms with Gasteiger partial charge in [0.05, 0.1) is 0 Å². The van der Waals surface area contributed by atoms with E-state index in [-0.39, 0.29) is 0 Å². The standard InChI is InChI=1S/C12H28Se/c1-9(2)13(10(3)4,11(5)6)12(7)8/h9-12H,1-8H3. The fourth-order valence-electron chi connectivity index (χ4n) is 3.27. The van der Waals surface area contributed by atoms with E-state index in [0.717, 1.165) is 19.3 Å². The van der Waals surface area contributed by atoms with Crippen LogP contribution in [0.2, 0.25) is 19.3 Å². The molecule has 0 N–H and O–H groups in total. The summed E-state index contributed by atoms with van der Waals surface area (Å²) in [6, 6.07) is 0. The zero-order valence-electron chi connectivity index (χ0n) is 10.7. The topological polar surface area (TPSA) is 0 Å². The molecule has 0 aliphatic rings. The summed E-state index contributed by atoms with van der Waals surface area (Å²) in [5.41, 5.74) is 0. The van der Waals surface area contributed by atoms with Gasteiger partial charge in [-0.15, -0.1) is 0 Å². The second-order valence-electron chi connectivity index (χ2n) is 5.01. The normalized spacial score (nSPS) is 15.1. The predicted molar refractivity (Wildman–Crippen MR) is 66.1 cm³/mol. The molecule has 0 heterocycles. The first-order valence-electron chi connectivity index (χ1n) is 5.56. The van der Waals surface area contributed by atoms with Crippen molar-refractivity contribution >= 4 is 12.8 Å². The van der Waals surface area contributed by atoms with Crippen molar-refractivity contribution in [3.8, 4) is 0 Å².